The Balaban J connectivity index is 1.44. The van der Waals surface area contributed by atoms with Gasteiger partial charge >= 0.3 is 0 Å². The lowest BCUT2D eigenvalue weighted by atomic mass is 10.1. The third-order valence-corrected chi connectivity index (χ3v) is 5.87. The molecule has 0 radical (unpaired) electrons. The van der Waals surface area contributed by atoms with E-state index < -0.39 is 0 Å². The molecule has 0 atom stereocenters. The van der Waals surface area contributed by atoms with Crippen molar-refractivity contribution in [2.24, 2.45) is 0 Å². The van der Waals surface area contributed by atoms with E-state index in [-0.39, 0.29) is 0 Å². The van der Waals surface area contributed by atoms with E-state index in [9.17, 15) is 0 Å². The van der Waals surface area contributed by atoms with E-state index in [4.69, 9.17) is 15.7 Å². The zero-order chi connectivity index (χ0) is 21.7. The van der Waals surface area contributed by atoms with Gasteiger partial charge in [-0.1, -0.05) is 0 Å². The van der Waals surface area contributed by atoms with Crippen LogP contribution in [0, 0.1) is 0 Å². The fourth-order valence-corrected chi connectivity index (χ4v) is 4.11. The lowest BCUT2D eigenvalue weighted by molar-refractivity contribution is 0.312. The first-order valence-electron chi connectivity index (χ1n) is 10.5. The van der Waals surface area contributed by atoms with Crippen LogP contribution < -0.4 is 10.6 Å². The first-order chi connectivity index (χ1) is 15.7. The molecule has 6 rings (SSSR count). The van der Waals surface area contributed by atoms with Gasteiger partial charge in [0.05, 0.1) is 22.4 Å². The van der Waals surface area contributed by atoms with Gasteiger partial charge in [0.1, 0.15) is 11.0 Å². The summed E-state index contributed by atoms with van der Waals surface area (Å²) in [4.78, 5) is 26.5. The normalized spacial score (nSPS) is 15.1. The minimum absolute atomic E-state index is 0.595. The molecule has 32 heavy (non-hydrogen) atoms. The number of H-pyrrole nitrogens is 2. The first kappa shape index (κ1) is 18.7. The number of aromatic nitrogens is 7. The number of hydrogen-bond donors (Lipinski definition) is 3. The van der Waals surface area contributed by atoms with E-state index in [0.29, 0.717) is 17.2 Å². The van der Waals surface area contributed by atoms with E-state index in [1.54, 1.807) is 12.4 Å². The quantitative estimate of drug-likeness (QED) is 0.401. The summed E-state index contributed by atoms with van der Waals surface area (Å²) in [6, 6.07) is 7.68. The predicted octanol–water partition coefficient (Wildman–Crippen LogP) is 2.29. The van der Waals surface area contributed by atoms with E-state index >= 15 is 0 Å². The SMILES string of the molecule is CN1CCN(c2nccc3[nH]c(-c4n[nH]c5ccc(-c6cncc(N)c6)nc45)nc23)CC1. The highest BCUT2D eigenvalue weighted by molar-refractivity contribution is 5.94. The Kier molecular flexibility index (Phi) is 4.25. The summed E-state index contributed by atoms with van der Waals surface area (Å²) in [7, 11) is 2.14. The van der Waals surface area contributed by atoms with Crippen LogP contribution in [0.4, 0.5) is 11.5 Å². The molecular weight excluding hydrogens is 404 g/mol. The molecule has 0 unspecified atom stereocenters. The minimum atomic E-state index is 0.595. The second kappa shape index (κ2) is 7.27. The maximum atomic E-state index is 5.90. The second-order valence-corrected chi connectivity index (χ2v) is 8.08. The summed E-state index contributed by atoms with van der Waals surface area (Å²) >= 11 is 0. The molecule has 0 saturated carbocycles. The number of aromatic amines is 2. The Hall–Kier alpha value is -4.05. The standard InChI is InChI=1S/C22H22N10/c1-31-6-8-32(9-7-31)22-19-16(4-5-25-22)27-21(28-19)20-18-17(29-30-20)3-2-15(26-18)13-10-14(23)12-24-11-13/h2-5,10-12H,6-9,23H2,1H3,(H,27,28)(H,29,30). The molecule has 1 aliphatic rings. The minimum Gasteiger partial charge on any atom is -0.397 e. The molecule has 0 aromatic carbocycles. The van der Waals surface area contributed by atoms with Crippen LogP contribution in [-0.4, -0.2) is 73.2 Å². The maximum absolute atomic E-state index is 5.90. The van der Waals surface area contributed by atoms with Gasteiger partial charge in [0.2, 0.25) is 0 Å². The average molecular weight is 426 g/mol. The first-order valence-corrected chi connectivity index (χ1v) is 10.5. The lowest BCUT2D eigenvalue weighted by Gasteiger charge is -2.33. The Morgan fingerprint density at radius 1 is 0.969 bits per heavy atom. The van der Waals surface area contributed by atoms with E-state index in [1.807, 2.05) is 30.5 Å². The molecule has 4 N–H and O–H groups in total. The number of nitrogens with two attached hydrogens (primary N) is 1. The summed E-state index contributed by atoms with van der Waals surface area (Å²) in [6.07, 6.45) is 5.19. The number of anilines is 2. The Labute approximate surface area is 183 Å². The van der Waals surface area contributed by atoms with Gasteiger partial charge in [-0.05, 0) is 31.3 Å². The van der Waals surface area contributed by atoms with Crippen LogP contribution in [0.3, 0.4) is 0 Å². The Morgan fingerprint density at radius 2 is 1.84 bits per heavy atom. The highest BCUT2D eigenvalue weighted by atomic mass is 15.3. The van der Waals surface area contributed by atoms with Crippen LogP contribution in [-0.2, 0) is 0 Å². The molecule has 10 heteroatoms. The molecule has 0 bridgehead atoms. The number of nitrogens with zero attached hydrogens (tertiary/aromatic N) is 7. The van der Waals surface area contributed by atoms with Gasteiger partial charge in [0.15, 0.2) is 17.3 Å². The van der Waals surface area contributed by atoms with Crippen molar-refractivity contribution in [2.45, 2.75) is 0 Å². The van der Waals surface area contributed by atoms with Crippen LogP contribution in [0.2, 0.25) is 0 Å². The van der Waals surface area contributed by atoms with Crippen molar-refractivity contribution in [3.8, 4) is 22.8 Å². The van der Waals surface area contributed by atoms with Crippen LogP contribution in [0.5, 0.6) is 0 Å². The molecule has 0 amide bonds. The van der Waals surface area contributed by atoms with Crippen molar-refractivity contribution in [3.63, 3.8) is 0 Å². The van der Waals surface area contributed by atoms with Crippen molar-refractivity contribution < 1.29 is 0 Å². The monoisotopic (exact) mass is 426 g/mol. The molecule has 0 aliphatic carbocycles. The molecule has 0 spiro atoms. The van der Waals surface area contributed by atoms with Crippen molar-refractivity contribution in [1.29, 1.82) is 0 Å². The summed E-state index contributed by atoms with van der Waals surface area (Å²) in [5.74, 6) is 1.56. The smallest absolute Gasteiger partial charge is 0.161 e. The summed E-state index contributed by atoms with van der Waals surface area (Å²) < 4.78 is 0. The van der Waals surface area contributed by atoms with Gasteiger partial charge in [-0.25, -0.2) is 15.0 Å². The van der Waals surface area contributed by atoms with Gasteiger partial charge in [0.25, 0.3) is 0 Å². The molecule has 5 aromatic heterocycles. The zero-order valence-electron chi connectivity index (χ0n) is 17.6. The average Bonchev–Trinajstić information content (AvgIpc) is 3.43. The third-order valence-electron chi connectivity index (χ3n) is 5.87. The van der Waals surface area contributed by atoms with Crippen LogP contribution in [0.15, 0.2) is 42.9 Å². The fraction of sp³-hybridized carbons (Fsp3) is 0.227. The molecule has 1 fully saturated rings. The molecular formula is C22H22N10. The molecule has 1 aliphatic heterocycles. The van der Waals surface area contributed by atoms with Gasteiger partial charge in [-0.3, -0.25) is 10.1 Å². The number of fused-ring (bicyclic) bond motifs is 2. The van der Waals surface area contributed by atoms with Crippen molar-refractivity contribution >= 4 is 33.6 Å². The predicted molar refractivity (Wildman–Crippen MR) is 124 cm³/mol. The maximum Gasteiger partial charge on any atom is 0.161 e. The van der Waals surface area contributed by atoms with Crippen molar-refractivity contribution in [2.75, 3.05) is 43.9 Å². The summed E-state index contributed by atoms with van der Waals surface area (Å²) in [5, 5.41) is 7.56. The number of pyridine rings is 3. The number of imidazole rings is 1. The second-order valence-electron chi connectivity index (χ2n) is 8.08. The van der Waals surface area contributed by atoms with Crippen molar-refractivity contribution in [3.05, 3.63) is 42.9 Å². The number of nitrogens with one attached hydrogen (secondary N) is 2. The highest BCUT2D eigenvalue weighted by Crippen LogP contribution is 2.30. The van der Waals surface area contributed by atoms with Crippen LogP contribution in [0.25, 0.3) is 44.8 Å². The van der Waals surface area contributed by atoms with Gasteiger partial charge in [0, 0.05) is 50.3 Å². The summed E-state index contributed by atoms with van der Waals surface area (Å²) in [6.45, 7) is 3.86. The van der Waals surface area contributed by atoms with Crippen molar-refractivity contribution in [1.82, 2.24) is 40.0 Å². The van der Waals surface area contributed by atoms with Gasteiger partial charge in [-0.15, -0.1) is 0 Å². The third kappa shape index (κ3) is 3.12. The highest BCUT2D eigenvalue weighted by Gasteiger charge is 2.21. The number of hydrogen-bond acceptors (Lipinski definition) is 8. The lowest BCUT2D eigenvalue weighted by Crippen LogP contribution is -2.44. The van der Waals surface area contributed by atoms with Crippen LogP contribution in [0.1, 0.15) is 0 Å². The molecule has 6 heterocycles. The molecule has 1 saturated heterocycles. The summed E-state index contributed by atoms with van der Waals surface area (Å²) in [5.41, 5.74) is 12.1. The Morgan fingerprint density at radius 3 is 2.69 bits per heavy atom. The number of nitrogen functional groups attached to an aromatic ring is 1. The largest absolute Gasteiger partial charge is 0.397 e. The number of rotatable bonds is 3. The fourth-order valence-electron chi connectivity index (χ4n) is 4.11. The van der Waals surface area contributed by atoms with Crippen LogP contribution >= 0.6 is 0 Å². The number of likely N-dealkylation sites (N-methyl/N-ethyl adjacent to an activating group) is 1. The van der Waals surface area contributed by atoms with Gasteiger partial charge in [-0.2, -0.15) is 5.10 Å². The van der Waals surface area contributed by atoms with E-state index in [0.717, 1.165) is 65.3 Å². The Bertz CT molecular complexity index is 1430. The van der Waals surface area contributed by atoms with Gasteiger partial charge < -0.3 is 20.5 Å². The van der Waals surface area contributed by atoms with E-state index in [1.165, 1.54) is 0 Å². The molecule has 10 nitrogen and oxygen atoms in total. The molecule has 5 aromatic rings. The molecule has 160 valence electrons. The van der Waals surface area contributed by atoms with E-state index in [2.05, 4.69) is 42.0 Å². The topological polar surface area (TPSA) is 129 Å². The number of piperazine rings is 1. The zero-order valence-corrected chi connectivity index (χ0v) is 17.6.